The number of rotatable bonds is 12. The highest BCUT2D eigenvalue weighted by Gasteiger charge is 2.39. The van der Waals surface area contributed by atoms with Gasteiger partial charge in [0.1, 0.15) is 18.1 Å². The van der Waals surface area contributed by atoms with E-state index in [9.17, 15) is 29.1 Å². The lowest BCUT2D eigenvalue weighted by Crippen LogP contribution is -2.57. The normalized spacial score (nSPS) is 17.9. The van der Waals surface area contributed by atoms with Crippen LogP contribution in [0.1, 0.15) is 45.1 Å². The van der Waals surface area contributed by atoms with Crippen molar-refractivity contribution in [2.45, 2.75) is 70.1 Å². The van der Waals surface area contributed by atoms with Gasteiger partial charge in [0.15, 0.2) is 0 Å². The van der Waals surface area contributed by atoms with Crippen molar-refractivity contribution in [2.75, 3.05) is 6.54 Å². The fourth-order valence-corrected chi connectivity index (χ4v) is 4.10. The number of hydrogen-bond donors (Lipinski definition) is 5. The number of carbonyl (C=O) groups excluding carboxylic acids is 4. The monoisotopic (exact) mass is 489 g/mol. The molecule has 192 valence electrons. The summed E-state index contributed by atoms with van der Waals surface area (Å²) in [6.45, 7) is 3.90. The quantitative estimate of drug-likeness (QED) is 0.262. The Kier molecular flexibility index (Phi) is 10.2. The first kappa shape index (κ1) is 27.8. The molecule has 4 atom stereocenters. The molecule has 1 aliphatic rings. The van der Waals surface area contributed by atoms with E-state index in [0.29, 0.717) is 12.8 Å². The van der Waals surface area contributed by atoms with Gasteiger partial charge in [-0.05, 0) is 37.2 Å². The van der Waals surface area contributed by atoms with Gasteiger partial charge in [0.2, 0.25) is 23.6 Å². The van der Waals surface area contributed by atoms with E-state index in [1.165, 1.54) is 4.90 Å². The molecule has 1 heterocycles. The summed E-state index contributed by atoms with van der Waals surface area (Å²) in [5.41, 5.74) is 12.1. The number of carboxylic acid groups (broad SMARTS) is 1. The van der Waals surface area contributed by atoms with Gasteiger partial charge in [0, 0.05) is 6.54 Å². The Labute approximate surface area is 204 Å². The molecule has 7 N–H and O–H groups in total. The van der Waals surface area contributed by atoms with Crippen LogP contribution in [0.5, 0.6) is 0 Å². The maximum Gasteiger partial charge on any atom is 0.326 e. The average molecular weight is 490 g/mol. The minimum Gasteiger partial charge on any atom is -0.480 e. The molecule has 35 heavy (non-hydrogen) atoms. The molecule has 4 unspecified atom stereocenters. The summed E-state index contributed by atoms with van der Waals surface area (Å²) < 4.78 is 0. The zero-order chi connectivity index (χ0) is 26.1. The number of nitrogens with two attached hydrogens (primary N) is 2. The highest BCUT2D eigenvalue weighted by Crippen LogP contribution is 2.20. The fourth-order valence-electron chi connectivity index (χ4n) is 4.10. The number of nitrogens with zero attached hydrogens (tertiary/aromatic N) is 1. The standard InChI is InChI=1S/C24H35N5O6/c1-14(2)11-18(24(34)35)28-22(32)19-9-6-10-29(19)23(33)17(13-20(26)30)27-21(31)16(25)12-15-7-4-3-5-8-15/h3-5,7-8,14,16-19H,6,9-13,25H2,1-2H3,(H2,26,30)(H,27,31)(H,28,32)(H,34,35). The van der Waals surface area contributed by atoms with Crippen molar-refractivity contribution >= 4 is 29.6 Å². The van der Waals surface area contributed by atoms with Crippen LogP contribution in [-0.4, -0.2) is 70.3 Å². The van der Waals surface area contributed by atoms with Crippen molar-refractivity contribution < 1.29 is 29.1 Å². The summed E-state index contributed by atoms with van der Waals surface area (Å²) in [6, 6.07) is 4.83. The molecular weight excluding hydrogens is 454 g/mol. The molecule has 11 heteroatoms. The van der Waals surface area contributed by atoms with Crippen LogP contribution in [0.2, 0.25) is 0 Å². The molecule has 0 bridgehead atoms. The molecule has 1 aromatic rings. The van der Waals surface area contributed by atoms with Crippen molar-refractivity contribution in [3.05, 3.63) is 35.9 Å². The van der Waals surface area contributed by atoms with Gasteiger partial charge >= 0.3 is 5.97 Å². The second-order valence-electron chi connectivity index (χ2n) is 9.25. The Balaban J connectivity index is 2.10. The van der Waals surface area contributed by atoms with E-state index >= 15 is 0 Å². The molecule has 0 radical (unpaired) electrons. The smallest absolute Gasteiger partial charge is 0.326 e. The van der Waals surface area contributed by atoms with Crippen molar-refractivity contribution in [2.24, 2.45) is 17.4 Å². The van der Waals surface area contributed by atoms with Gasteiger partial charge in [0.25, 0.3) is 0 Å². The Morgan fingerprint density at radius 3 is 2.31 bits per heavy atom. The van der Waals surface area contributed by atoms with E-state index in [-0.39, 0.29) is 25.3 Å². The van der Waals surface area contributed by atoms with Crippen LogP contribution in [0.25, 0.3) is 0 Å². The molecule has 0 saturated carbocycles. The van der Waals surface area contributed by atoms with Gasteiger partial charge in [-0.25, -0.2) is 4.79 Å². The van der Waals surface area contributed by atoms with E-state index < -0.39 is 60.2 Å². The zero-order valence-electron chi connectivity index (χ0n) is 20.1. The number of amides is 4. The second-order valence-corrected chi connectivity index (χ2v) is 9.25. The lowest BCUT2D eigenvalue weighted by Gasteiger charge is -2.29. The number of nitrogens with one attached hydrogen (secondary N) is 2. The molecule has 2 rings (SSSR count). The summed E-state index contributed by atoms with van der Waals surface area (Å²) in [7, 11) is 0. The van der Waals surface area contributed by atoms with Crippen LogP contribution >= 0.6 is 0 Å². The first-order chi connectivity index (χ1) is 16.5. The highest BCUT2D eigenvalue weighted by molar-refractivity contribution is 5.96. The third-order valence-electron chi connectivity index (χ3n) is 5.82. The summed E-state index contributed by atoms with van der Waals surface area (Å²) in [5.74, 6) is -3.78. The zero-order valence-corrected chi connectivity index (χ0v) is 20.1. The van der Waals surface area contributed by atoms with E-state index in [1.54, 1.807) is 0 Å². The van der Waals surface area contributed by atoms with E-state index in [1.807, 2.05) is 44.2 Å². The Bertz CT molecular complexity index is 922. The number of aliphatic carboxylic acids is 1. The van der Waals surface area contributed by atoms with E-state index in [0.717, 1.165) is 5.56 Å². The largest absolute Gasteiger partial charge is 0.480 e. The molecule has 0 spiro atoms. The summed E-state index contributed by atoms with van der Waals surface area (Å²) in [5, 5.41) is 14.4. The Hall–Kier alpha value is -3.47. The van der Waals surface area contributed by atoms with Gasteiger partial charge in [-0.15, -0.1) is 0 Å². The van der Waals surface area contributed by atoms with Crippen molar-refractivity contribution in [3.63, 3.8) is 0 Å². The molecule has 0 aliphatic carbocycles. The molecule has 1 aliphatic heterocycles. The number of likely N-dealkylation sites (tertiary alicyclic amines) is 1. The fraction of sp³-hybridized carbons (Fsp3) is 0.542. The van der Waals surface area contributed by atoms with E-state index in [2.05, 4.69) is 10.6 Å². The third-order valence-corrected chi connectivity index (χ3v) is 5.82. The Morgan fingerprint density at radius 1 is 1.09 bits per heavy atom. The van der Waals surface area contributed by atoms with Crippen LogP contribution in [0.3, 0.4) is 0 Å². The predicted octanol–water partition coefficient (Wildman–Crippen LogP) is -0.477. The maximum atomic E-state index is 13.3. The number of hydrogen-bond acceptors (Lipinski definition) is 6. The number of benzene rings is 1. The van der Waals surface area contributed by atoms with Crippen molar-refractivity contribution in [1.82, 2.24) is 15.5 Å². The first-order valence-electron chi connectivity index (χ1n) is 11.7. The summed E-state index contributed by atoms with van der Waals surface area (Å²) >= 11 is 0. The molecule has 1 fully saturated rings. The van der Waals surface area contributed by atoms with Crippen LogP contribution in [0.15, 0.2) is 30.3 Å². The van der Waals surface area contributed by atoms with Crippen LogP contribution in [-0.2, 0) is 30.4 Å². The predicted molar refractivity (Wildman–Crippen MR) is 128 cm³/mol. The highest BCUT2D eigenvalue weighted by atomic mass is 16.4. The SMILES string of the molecule is CC(C)CC(NC(=O)C1CCCN1C(=O)C(CC(N)=O)NC(=O)C(N)Cc1ccccc1)C(=O)O. The van der Waals surface area contributed by atoms with Crippen LogP contribution in [0, 0.1) is 5.92 Å². The van der Waals surface area contributed by atoms with Crippen molar-refractivity contribution in [1.29, 1.82) is 0 Å². The minimum atomic E-state index is -1.29. The van der Waals surface area contributed by atoms with Crippen LogP contribution in [0.4, 0.5) is 0 Å². The maximum absolute atomic E-state index is 13.3. The van der Waals surface area contributed by atoms with Crippen LogP contribution < -0.4 is 22.1 Å². The van der Waals surface area contributed by atoms with Gasteiger partial charge in [-0.2, -0.15) is 0 Å². The average Bonchev–Trinajstić information content (AvgIpc) is 3.27. The lowest BCUT2D eigenvalue weighted by molar-refractivity contribution is -0.145. The molecular formula is C24H35N5O6. The molecule has 1 saturated heterocycles. The molecule has 11 nitrogen and oxygen atoms in total. The molecule has 1 aromatic carbocycles. The first-order valence-corrected chi connectivity index (χ1v) is 11.7. The van der Waals surface area contributed by atoms with Gasteiger partial charge in [-0.1, -0.05) is 44.2 Å². The number of primary amides is 1. The molecule has 4 amide bonds. The third kappa shape index (κ3) is 8.36. The summed E-state index contributed by atoms with van der Waals surface area (Å²) in [4.78, 5) is 63.3. The second kappa shape index (κ2) is 12.8. The van der Waals surface area contributed by atoms with Gasteiger partial charge in [0.05, 0.1) is 12.5 Å². The van der Waals surface area contributed by atoms with Gasteiger partial charge in [-0.3, -0.25) is 19.2 Å². The topological polar surface area (TPSA) is 185 Å². The van der Waals surface area contributed by atoms with Gasteiger partial charge < -0.3 is 32.1 Å². The van der Waals surface area contributed by atoms with Crippen molar-refractivity contribution in [3.8, 4) is 0 Å². The number of carboxylic acids is 1. The lowest BCUT2D eigenvalue weighted by atomic mass is 10.0. The molecule has 0 aromatic heterocycles. The summed E-state index contributed by atoms with van der Waals surface area (Å²) in [6.07, 6.45) is 0.845. The Morgan fingerprint density at radius 2 is 1.74 bits per heavy atom. The minimum absolute atomic E-state index is 0.0352. The number of carbonyl (C=O) groups is 5. The van der Waals surface area contributed by atoms with E-state index in [4.69, 9.17) is 11.5 Å².